The van der Waals surface area contributed by atoms with Gasteiger partial charge >= 0.3 is 0 Å². The number of thioether (sulfide) groups is 1. The molecular formula is C20H20Cl2N2O5S2. The van der Waals surface area contributed by atoms with Crippen molar-refractivity contribution in [3.8, 4) is 5.75 Å². The van der Waals surface area contributed by atoms with Crippen molar-refractivity contribution in [2.24, 2.45) is 0 Å². The molecule has 2 aromatic carbocycles. The molecule has 3 rings (SSSR count). The van der Waals surface area contributed by atoms with Gasteiger partial charge in [-0.15, -0.1) is 0 Å². The third kappa shape index (κ3) is 5.72. The Balaban J connectivity index is 1.63. The van der Waals surface area contributed by atoms with Crippen molar-refractivity contribution in [1.82, 2.24) is 4.72 Å². The van der Waals surface area contributed by atoms with E-state index in [1.807, 2.05) is 6.07 Å². The molecule has 0 aliphatic carbocycles. The van der Waals surface area contributed by atoms with Crippen LogP contribution in [-0.4, -0.2) is 39.6 Å². The Hall–Kier alpha value is -1.78. The first-order chi connectivity index (χ1) is 14.7. The normalized spacial score (nSPS) is 14.4. The summed E-state index contributed by atoms with van der Waals surface area (Å²) in [6.07, 6.45) is 0.181. The minimum absolute atomic E-state index is 0.0507. The number of sulfonamides is 1. The molecule has 1 aliphatic heterocycles. The minimum Gasteiger partial charge on any atom is -0.495 e. The number of carbonyl (C=O) groups is 2. The number of amides is 2. The zero-order valence-corrected chi connectivity index (χ0v) is 19.7. The largest absolute Gasteiger partial charge is 0.495 e. The standard InChI is InChI=1S/C20H20Cl2N2O5S2/c1-29-18-5-3-14(11-17(18)24-19(25)6-7-20(24)26)31(27,28)23-8-9-30-12-13-2-4-15(21)16(22)10-13/h2-5,10-11,23H,6-9,12H2,1H3. The number of methoxy groups -OCH3 is 1. The Morgan fingerprint density at radius 1 is 1.06 bits per heavy atom. The van der Waals surface area contributed by atoms with Crippen molar-refractivity contribution < 1.29 is 22.7 Å². The molecule has 0 unspecified atom stereocenters. The van der Waals surface area contributed by atoms with Crippen molar-refractivity contribution in [3.05, 3.63) is 52.0 Å². The first-order valence-electron chi connectivity index (χ1n) is 9.28. The zero-order valence-electron chi connectivity index (χ0n) is 16.6. The van der Waals surface area contributed by atoms with Crippen LogP contribution in [0.15, 0.2) is 41.3 Å². The lowest BCUT2D eigenvalue weighted by atomic mass is 10.2. The number of benzene rings is 2. The molecule has 2 aromatic rings. The first-order valence-corrected chi connectivity index (χ1v) is 12.7. The van der Waals surface area contributed by atoms with Crippen LogP contribution >= 0.6 is 35.0 Å². The van der Waals surface area contributed by atoms with Gasteiger partial charge in [0, 0.05) is 30.9 Å². The van der Waals surface area contributed by atoms with Crippen LogP contribution in [0.5, 0.6) is 5.75 Å². The summed E-state index contributed by atoms with van der Waals surface area (Å²) in [4.78, 5) is 25.1. The Bertz CT molecular complexity index is 1090. The fourth-order valence-corrected chi connectivity index (χ4v) is 5.32. The van der Waals surface area contributed by atoms with Crippen LogP contribution < -0.4 is 14.4 Å². The van der Waals surface area contributed by atoms with E-state index in [4.69, 9.17) is 27.9 Å². The number of nitrogens with one attached hydrogen (secondary N) is 1. The predicted octanol–water partition coefficient (Wildman–Crippen LogP) is 3.87. The molecule has 0 saturated carbocycles. The van der Waals surface area contributed by atoms with Gasteiger partial charge in [-0.25, -0.2) is 18.0 Å². The smallest absolute Gasteiger partial charge is 0.240 e. The van der Waals surface area contributed by atoms with Gasteiger partial charge in [0.1, 0.15) is 5.75 Å². The maximum atomic E-state index is 12.7. The lowest BCUT2D eigenvalue weighted by Crippen LogP contribution is -2.30. The van der Waals surface area contributed by atoms with Crippen molar-refractivity contribution in [2.45, 2.75) is 23.5 Å². The SMILES string of the molecule is COc1ccc(S(=O)(=O)NCCSCc2ccc(Cl)c(Cl)c2)cc1N1C(=O)CCC1=O. The van der Waals surface area contributed by atoms with E-state index in [2.05, 4.69) is 4.72 Å². The summed E-state index contributed by atoms with van der Waals surface area (Å²) in [6.45, 7) is 0.206. The van der Waals surface area contributed by atoms with Crippen LogP contribution in [0.2, 0.25) is 10.0 Å². The maximum Gasteiger partial charge on any atom is 0.240 e. The molecular weight excluding hydrogens is 483 g/mol. The second-order valence-electron chi connectivity index (χ2n) is 6.66. The Kier molecular flexibility index (Phi) is 7.87. The summed E-state index contributed by atoms with van der Waals surface area (Å²) < 4.78 is 33.1. The first kappa shape index (κ1) is 23.9. The molecule has 0 aromatic heterocycles. The van der Waals surface area contributed by atoms with Crippen LogP contribution in [0.25, 0.3) is 0 Å². The second kappa shape index (κ2) is 10.2. The van der Waals surface area contributed by atoms with Crippen molar-refractivity contribution >= 4 is 62.5 Å². The number of hydrogen-bond acceptors (Lipinski definition) is 6. The maximum absolute atomic E-state index is 12.7. The molecule has 11 heteroatoms. The topological polar surface area (TPSA) is 92.8 Å². The summed E-state index contributed by atoms with van der Waals surface area (Å²) in [5.74, 6) is 0.671. The molecule has 31 heavy (non-hydrogen) atoms. The molecule has 1 N–H and O–H groups in total. The highest BCUT2D eigenvalue weighted by Crippen LogP contribution is 2.34. The Morgan fingerprint density at radius 3 is 2.42 bits per heavy atom. The summed E-state index contributed by atoms with van der Waals surface area (Å²) in [6, 6.07) is 9.46. The fourth-order valence-electron chi connectivity index (χ4n) is 3.01. The number of ether oxygens (including phenoxy) is 1. The van der Waals surface area contributed by atoms with E-state index in [0.29, 0.717) is 21.6 Å². The van der Waals surface area contributed by atoms with Gasteiger partial charge in [0.25, 0.3) is 0 Å². The van der Waals surface area contributed by atoms with Crippen LogP contribution in [-0.2, 0) is 25.4 Å². The van der Waals surface area contributed by atoms with Crippen LogP contribution in [0.3, 0.4) is 0 Å². The van der Waals surface area contributed by atoms with Crippen molar-refractivity contribution in [3.63, 3.8) is 0 Å². The Labute approximate surface area is 195 Å². The lowest BCUT2D eigenvalue weighted by molar-refractivity contribution is -0.121. The van der Waals surface area contributed by atoms with Gasteiger partial charge < -0.3 is 4.74 Å². The molecule has 166 valence electrons. The highest BCUT2D eigenvalue weighted by molar-refractivity contribution is 7.98. The molecule has 0 atom stereocenters. The van der Waals surface area contributed by atoms with Crippen LogP contribution in [0, 0.1) is 0 Å². The number of imide groups is 1. The number of rotatable bonds is 9. The summed E-state index contributed by atoms with van der Waals surface area (Å²) in [5, 5.41) is 0.963. The van der Waals surface area contributed by atoms with E-state index in [0.717, 1.165) is 10.5 Å². The summed E-state index contributed by atoms with van der Waals surface area (Å²) >= 11 is 13.4. The molecule has 0 spiro atoms. The molecule has 1 saturated heterocycles. The zero-order chi connectivity index (χ0) is 22.6. The second-order valence-corrected chi connectivity index (χ2v) is 10.3. The highest BCUT2D eigenvalue weighted by atomic mass is 35.5. The average Bonchev–Trinajstić information content (AvgIpc) is 3.07. The molecule has 7 nitrogen and oxygen atoms in total. The van der Waals surface area contributed by atoms with E-state index in [9.17, 15) is 18.0 Å². The summed E-state index contributed by atoms with van der Waals surface area (Å²) in [5.41, 5.74) is 1.12. The highest BCUT2D eigenvalue weighted by Gasteiger charge is 2.33. The number of hydrogen-bond donors (Lipinski definition) is 1. The molecule has 0 radical (unpaired) electrons. The van der Waals surface area contributed by atoms with Gasteiger partial charge in [-0.3, -0.25) is 9.59 Å². The predicted molar refractivity (Wildman–Crippen MR) is 123 cm³/mol. The quantitative estimate of drug-likeness (QED) is 0.413. The molecule has 2 amide bonds. The molecule has 1 heterocycles. The van der Waals surface area contributed by atoms with E-state index in [1.54, 1.807) is 23.9 Å². The average molecular weight is 503 g/mol. The fraction of sp³-hybridized carbons (Fsp3) is 0.300. The molecule has 0 bridgehead atoms. The van der Waals surface area contributed by atoms with Crippen LogP contribution in [0.1, 0.15) is 18.4 Å². The van der Waals surface area contributed by atoms with Gasteiger partial charge in [-0.05, 0) is 35.9 Å². The number of halogens is 2. The minimum atomic E-state index is -3.84. The third-order valence-corrected chi connectivity index (χ3v) is 7.77. The van der Waals surface area contributed by atoms with E-state index in [1.165, 1.54) is 25.3 Å². The van der Waals surface area contributed by atoms with E-state index >= 15 is 0 Å². The summed E-state index contributed by atoms with van der Waals surface area (Å²) in [7, 11) is -2.45. The van der Waals surface area contributed by atoms with Crippen molar-refractivity contribution in [2.75, 3.05) is 24.3 Å². The lowest BCUT2D eigenvalue weighted by Gasteiger charge is -2.18. The Morgan fingerprint density at radius 2 is 1.77 bits per heavy atom. The molecule has 1 aliphatic rings. The van der Waals surface area contributed by atoms with Gasteiger partial charge in [-0.1, -0.05) is 29.3 Å². The number of anilines is 1. The van der Waals surface area contributed by atoms with E-state index < -0.39 is 10.0 Å². The van der Waals surface area contributed by atoms with E-state index in [-0.39, 0.29) is 47.5 Å². The number of carbonyl (C=O) groups excluding carboxylic acids is 2. The van der Waals surface area contributed by atoms with Gasteiger partial charge in [0.15, 0.2) is 0 Å². The monoisotopic (exact) mass is 502 g/mol. The number of nitrogens with zero attached hydrogens (tertiary/aromatic N) is 1. The van der Waals surface area contributed by atoms with Gasteiger partial charge in [0.05, 0.1) is 27.7 Å². The van der Waals surface area contributed by atoms with Crippen molar-refractivity contribution in [1.29, 1.82) is 0 Å². The molecule has 1 fully saturated rings. The third-order valence-electron chi connectivity index (χ3n) is 4.54. The van der Waals surface area contributed by atoms with Gasteiger partial charge in [0.2, 0.25) is 21.8 Å². The van der Waals surface area contributed by atoms with Crippen LogP contribution in [0.4, 0.5) is 5.69 Å². The van der Waals surface area contributed by atoms with Gasteiger partial charge in [-0.2, -0.15) is 11.8 Å².